The second kappa shape index (κ2) is 8.51. The minimum atomic E-state index is -1.28. The second-order valence-corrected chi connectivity index (χ2v) is 8.41. The number of carbonyl (C=O) groups is 2. The van der Waals surface area contributed by atoms with E-state index in [2.05, 4.69) is 0 Å². The van der Waals surface area contributed by atoms with E-state index in [0.29, 0.717) is 11.1 Å². The molecule has 0 fully saturated rings. The van der Waals surface area contributed by atoms with Crippen molar-refractivity contribution in [3.05, 3.63) is 63.5 Å². The number of allylic oxidation sites excluding steroid dienone is 3. The average molecular weight is 426 g/mol. The number of aliphatic hydroxyl groups excluding tert-OH is 1. The Hall–Kier alpha value is -3.19. The van der Waals surface area contributed by atoms with Gasteiger partial charge in [0.05, 0.1) is 5.56 Å². The van der Waals surface area contributed by atoms with E-state index in [1.165, 1.54) is 18.2 Å². The van der Waals surface area contributed by atoms with Gasteiger partial charge in [0.25, 0.3) is 0 Å². The zero-order chi connectivity index (χ0) is 22.9. The molecule has 7 heteroatoms. The fourth-order valence-corrected chi connectivity index (χ4v) is 3.51. The molecule has 0 aliphatic carbocycles. The summed E-state index contributed by atoms with van der Waals surface area (Å²) in [4.78, 5) is 36.2. The Morgan fingerprint density at radius 1 is 1.16 bits per heavy atom. The first kappa shape index (κ1) is 22.5. The highest BCUT2D eigenvalue weighted by molar-refractivity contribution is 5.93. The van der Waals surface area contributed by atoms with Crippen LogP contribution in [0.2, 0.25) is 0 Å². The molecule has 3 rings (SSSR count). The zero-order valence-corrected chi connectivity index (χ0v) is 18.2. The van der Waals surface area contributed by atoms with Crippen molar-refractivity contribution in [2.24, 2.45) is 0 Å². The summed E-state index contributed by atoms with van der Waals surface area (Å²) in [7, 11) is 0. The third-order valence-corrected chi connectivity index (χ3v) is 5.04. The van der Waals surface area contributed by atoms with Gasteiger partial charge in [0.15, 0.2) is 11.9 Å². The molecule has 0 saturated heterocycles. The van der Waals surface area contributed by atoms with Gasteiger partial charge in [0.1, 0.15) is 23.0 Å². The lowest BCUT2D eigenvalue weighted by atomic mass is 9.87. The molecule has 0 spiro atoms. The molecule has 2 aromatic rings. The van der Waals surface area contributed by atoms with Gasteiger partial charge in [-0.2, -0.15) is 0 Å². The van der Waals surface area contributed by atoms with Crippen LogP contribution in [0.5, 0.6) is 5.75 Å². The van der Waals surface area contributed by atoms with Gasteiger partial charge in [-0.15, -0.1) is 0 Å². The van der Waals surface area contributed by atoms with E-state index in [1.807, 2.05) is 13.8 Å². The van der Waals surface area contributed by atoms with Gasteiger partial charge >= 0.3 is 11.6 Å². The largest absolute Gasteiger partial charge is 0.483 e. The molecule has 2 heterocycles. The summed E-state index contributed by atoms with van der Waals surface area (Å²) >= 11 is 0. The van der Waals surface area contributed by atoms with Crippen LogP contribution in [-0.4, -0.2) is 28.6 Å². The third kappa shape index (κ3) is 4.77. The van der Waals surface area contributed by atoms with Gasteiger partial charge in [-0.25, -0.2) is 9.59 Å². The van der Waals surface area contributed by atoms with Gasteiger partial charge < -0.3 is 19.0 Å². The minimum Gasteiger partial charge on any atom is -0.483 e. The predicted molar refractivity (Wildman–Crippen MR) is 115 cm³/mol. The zero-order valence-electron chi connectivity index (χ0n) is 18.2. The normalized spacial score (nSPS) is 19.9. The highest BCUT2D eigenvalue weighted by atomic mass is 16.6. The standard InChI is InChI=1S/C24H26O7/c1-13(2)12-16(25)9-6-14(3)23(28)30-22-20(27)19-17(31-24(22,4)5)10-7-15-8-11-18(26)29-21(15)19/h6-8,10-12,20,22,27H,9H2,1-5H3/t20-,22-/m1/s1. The summed E-state index contributed by atoms with van der Waals surface area (Å²) in [5, 5.41) is 11.7. The Kier molecular flexibility index (Phi) is 6.18. The first-order valence-corrected chi connectivity index (χ1v) is 9.99. The van der Waals surface area contributed by atoms with Gasteiger partial charge in [0.2, 0.25) is 0 Å². The summed E-state index contributed by atoms with van der Waals surface area (Å²) < 4.78 is 16.9. The van der Waals surface area contributed by atoms with Crippen LogP contribution in [0.3, 0.4) is 0 Å². The highest BCUT2D eigenvalue weighted by Gasteiger charge is 2.47. The second-order valence-electron chi connectivity index (χ2n) is 8.41. The van der Waals surface area contributed by atoms with Gasteiger partial charge in [0, 0.05) is 23.4 Å². The molecule has 1 aliphatic heterocycles. The van der Waals surface area contributed by atoms with E-state index in [9.17, 15) is 19.5 Å². The minimum absolute atomic E-state index is 0.0673. The van der Waals surface area contributed by atoms with Crippen LogP contribution in [0.25, 0.3) is 11.0 Å². The van der Waals surface area contributed by atoms with Crippen molar-refractivity contribution < 1.29 is 28.6 Å². The maximum Gasteiger partial charge on any atom is 0.336 e. The molecule has 31 heavy (non-hydrogen) atoms. The molecule has 7 nitrogen and oxygen atoms in total. The fraction of sp³-hybridized carbons (Fsp3) is 0.375. The molecule has 0 bridgehead atoms. The number of benzene rings is 1. The molecule has 0 radical (unpaired) electrons. The van der Waals surface area contributed by atoms with Crippen molar-refractivity contribution in [3.63, 3.8) is 0 Å². The van der Waals surface area contributed by atoms with Crippen molar-refractivity contribution in [1.82, 2.24) is 0 Å². The number of esters is 1. The van der Waals surface area contributed by atoms with Crippen molar-refractivity contribution >= 4 is 22.7 Å². The molecular formula is C24H26O7. The summed E-state index contributed by atoms with van der Waals surface area (Å²) in [6, 6.07) is 6.28. The Morgan fingerprint density at radius 2 is 1.84 bits per heavy atom. The van der Waals surface area contributed by atoms with Crippen LogP contribution in [0.1, 0.15) is 52.7 Å². The van der Waals surface area contributed by atoms with E-state index < -0.39 is 29.4 Å². The van der Waals surface area contributed by atoms with Crippen LogP contribution < -0.4 is 10.4 Å². The molecule has 1 N–H and O–H groups in total. The van der Waals surface area contributed by atoms with Crippen molar-refractivity contribution in [2.75, 3.05) is 0 Å². The van der Waals surface area contributed by atoms with Crippen molar-refractivity contribution in [3.8, 4) is 5.75 Å². The van der Waals surface area contributed by atoms with E-state index >= 15 is 0 Å². The lowest BCUT2D eigenvalue weighted by Crippen LogP contribution is -2.51. The van der Waals surface area contributed by atoms with E-state index in [4.69, 9.17) is 13.9 Å². The molecule has 1 aromatic heterocycles. The quantitative estimate of drug-likeness (QED) is 0.441. The van der Waals surface area contributed by atoms with E-state index in [1.54, 1.807) is 39.0 Å². The van der Waals surface area contributed by atoms with Crippen LogP contribution in [0.15, 0.2) is 56.8 Å². The van der Waals surface area contributed by atoms with E-state index in [-0.39, 0.29) is 28.9 Å². The topological polar surface area (TPSA) is 103 Å². The maximum atomic E-state index is 12.7. The molecular weight excluding hydrogens is 400 g/mol. The molecule has 1 aliphatic rings. The molecule has 2 atom stereocenters. The van der Waals surface area contributed by atoms with Crippen molar-refractivity contribution in [1.29, 1.82) is 0 Å². The number of carbonyl (C=O) groups excluding carboxylic acids is 2. The van der Waals surface area contributed by atoms with Crippen LogP contribution >= 0.6 is 0 Å². The number of fused-ring (bicyclic) bond motifs is 3. The van der Waals surface area contributed by atoms with Crippen molar-refractivity contribution in [2.45, 2.75) is 58.8 Å². The molecule has 0 amide bonds. The Bertz CT molecular complexity index is 1150. The Labute approximate surface area is 180 Å². The maximum absolute atomic E-state index is 12.7. The Morgan fingerprint density at radius 3 is 2.52 bits per heavy atom. The molecule has 0 unspecified atom stereocenters. The number of rotatable bonds is 5. The monoisotopic (exact) mass is 426 g/mol. The van der Waals surface area contributed by atoms with Crippen LogP contribution in [0, 0.1) is 0 Å². The number of hydrogen-bond acceptors (Lipinski definition) is 7. The summed E-state index contributed by atoms with van der Waals surface area (Å²) in [5.74, 6) is -0.439. The summed E-state index contributed by atoms with van der Waals surface area (Å²) in [5.41, 5.74) is -0.0510. The summed E-state index contributed by atoms with van der Waals surface area (Å²) in [6.45, 7) is 8.57. The molecule has 0 saturated carbocycles. The first-order valence-electron chi connectivity index (χ1n) is 9.99. The third-order valence-electron chi connectivity index (χ3n) is 5.04. The van der Waals surface area contributed by atoms with Gasteiger partial charge in [-0.3, -0.25) is 4.79 Å². The highest BCUT2D eigenvalue weighted by Crippen LogP contribution is 2.44. The predicted octanol–water partition coefficient (Wildman–Crippen LogP) is 3.78. The van der Waals surface area contributed by atoms with Gasteiger partial charge in [-0.1, -0.05) is 11.6 Å². The number of ether oxygens (including phenoxy) is 2. The molecule has 1 aromatic carbocycles. The first-order chi connectivity index (χ1) is 14.5. The lowest BCUT2D eigenvalue weighted by Gasteiger charge is -2.42. The lowest BCUT2D eigenvalue weighted by molar-refractivity contribution is -0.173. The van der Waals surface area contributed by atoms with Crippen LogP contribution in [-0.2, 0) is 14.3 Å². The summed E-state index contributed by atoms with van der Waals surface area (Å²) in [6.07, 6.45) is 0.720. The number of aliphatic hydroxyl groups is 1. The fourth-order valence-electron chi connectivity index (χ4n) is 3.51. The SMILES string of the molecule is CC(C)=CC(=O)CC=C(C)C(=O)O[C@@H]1[C@H](O)c2c(ccc3ccc(=O)oc23)OC1(C)C. The van der Waals surface area contributed by atoms with Crippen LogP contribution in [0.4, 0.5) is 0 Å². The van der Waals surface area contributed by atoms with Gasteiger partial charge in [-0.05, 0) is 58.9 Å². The molecule has 164 valence electrons. The smallest absolute Gasteiger partial charge is 0.336 e. The number of hydrogen-bond donors (Lipinski definition) is 1. The average Bonchev–Trinajstić information content (AvgIpc) is 2.67. The van der Waals surface area contributed by atoms with E-state index in [0.717, 1.165) is 5.57 Å². The number of ketones is 1. The Balaban J connectivity index is 1.89.